The van der Waals surface area contributed by atoms with Crippen LogP contribution in [0.2, 0.25) is 0 Å². The first-order chi connectivity index (χ1) is 11.5. The van der Waals surface area contributed by atoms with Crippen molar-refractivity contribution in [3.05, 3.63) is 65.7 Å². The number of aryl methyl sites for hydroxylation is 2. The third kappa shape index (κ3) is 5.88. The van der Waals surface area contributed by atoms with Gasteiger partial charge in [-0.3, -0.25) is 9.59 Å². The van der Waals surface area contributed by atoms with E-state index in [2.05, 4.69) is 5.32 Å². The van der Waals surface area contributed by atoms with Crippen LogP contribution in [0.15, 0.2) is 54.6 Å². The Morgan fingerprint density at radius 3 is 2.25 bits per heavy atom. The lowest BCUT2D eigenvalue weighted by molar-refractivity contribution is -0.128. The SMILES string of the molecule is CN(C)C(=O)CCc1cccc(NC(=O)CCc2ccccc2)c1. The van der Waals surface area contributed by atoms with Gasteiger partial charge in [-0.05, 0) is 36.1 Å². The molecule has 0 fully saturated rings. The highest BCUT2D eigenvalue weighted by molar-refractivity contribution is 5.90. The summed E-state index contributed by atoms with van der Waals surface area (Å²) >= 11 is 0. The summed E-state index contributed by atoms with van der Waals surface area (Å²) in [5.41, 5.74) is 2.98. The highest BCUT2D eigenvalue weighted by Crippen LogP contribution is 2.13. The topological polar surface area (TPSA) is 49.4 Å². The number of nitrogens with zero attached hydrogens (tertiary/aromatic N) is 1. The minimum absolute atomic E-state index is 0.000343. The summed E-state index contributed by atoms with van der Waals surface area (Å²) in [6.07, 6.45) is 2.32. The third-order valence-corrected chi connectivity index (χ3v) is 3.82. The van der Waals surface area contributed by atoms with Crippen molar-refractivity contribution in [1.29, 1.82) is 0 Å². The average molecular weight is 324 g/mol. The Labute approximate surface area is 143 Å². The maximum Gasteiger partial charge on any atom is 0.224 e. The molecule has 126 valence electrons. The van der Waals surface area contributed by atoms with Crippen molar-refractivity contribution in [2.75, 3.05) is 19.4 Å². The number of rotatable bonds is 7. The molecule has 0 saturated heterocycles. The third-order valence-electron chi connectivity index (χ3n) is 3.82. The normalized spacial score (nSPS) is 10.2. The van der Waals surface area contributed by atoms with Gasteiger partial charge in [0.05, 0.1) is 0 Å². The van der Waals surface area contributed by atoms with E-state index in [0.717, 1.165) is 23.2 Å². The van der Waals surface area contributed by atoms with Crippen LogP contribution in [0, 0.1) is 0 Å². The van der Waals surface area contributed by atoms with Crippen LogP contribution >= 0.6 is 0 Å². The molecule has 0 radical (unpaired) electrons. The fourth-order valence-corrected chi connectivity index (χ4v) is 2.41. The van der Waals surface area contributed by atoms with Crippen molar-refractivity contribution in [1.82, 2.24) is 4.90 Å². The van der Waals surface area contributed by atoms with Crippen LogP contribution in [-0.2, 0) is 22.4 Å². The Hall–Kier alpha value is -2.62. The molecule has 1 N–H and O–H groups in total. The number of nitrogens with one attached hydrogen (secondary N) is 1. The van der Waals surface area contributed by atoms with E-state index in [-0.39, 0.29) is 11.8 Å². The number of carbonyl (C=O) groups excluding carboxylic acids is 2. The molecule has 2 amide bonds. The van der Waals surface area contributed by atoms with Gasteiger partial charge in [0, 0.05) is 32.6 Å². The summed E-state index contributed by atoms with van der Waals surface area (Å²) in [5, 5.41) is 2.93. The van der Waals surface area contributed by atoms with Crippen molar-refractivity contribution in [2.45, 2.75) is 25.7 Å². The molecule has 0 aromatic heterocycles. The Balaban J connectivity index is 1.84. The molecule has 0 aliphatic carbocycles. The minimum atomic E-state index is 0.000343. The number of hydrogen-bond acceptors (Lipinski definition) is 2. The summed E-state index contributed by atoms with van der Waals surface area (Å²) in [6.45, 7) is 0. The van der Waals surface area contributed by atoms with E-state index < -0.39 is 0 Å². The molecule has 0 atom stereocenters. The van der Waals surface area contributed by atoms with Crippen molar-refractivity contribution < 1.29 is 9.59 Å². The molecular weight excluding hydrogens is 300 g/mol. The smallest absolute Gasteiger partial charge is 0.224 e. The zero-order chi connectivity index (χ0) is 17.4. The van der Waals surface area contributed by atoms with Crippen LogP contribution in [0.3, 0.4) is 0 Å². The van der Waals surface area contributed by atoms with E-state index in [4.69, 9.17) is 0 Å². The molecule has 4 heteroatoms. The van der Waals surface area contributed by atoms with Crippen molar-refractivity contribution in [2.24, 2.45) is 0 Å². The lowest BCUT2D eigenvalue weighted by Gasteiger charge is -2.11. The molecule has 2 aromatic carbocycles. The predicted molar refractivity (Wildman–Crippen MR) is 96.8 cm³/mol. The fourth-order valence-electron chi connectivity index (χ4n) is 2.41. The summed E-state index contributed by atoms with van der Waals surface area (Å²) in [4.78, 5) is 25.3. The van der Waals surface area contributed by atoms with E-state index in [1.54, 1.807) is 19.0 Å². The Kier molecular flexibility index (Phi) is 6.55. The number of benzene rings is 2. The van der Waals surface area contributed by atoms with Gasteiger partial charge >= 0.3 is 0 Å². The summed E-state index contributed by atoms with van der Waals surface area (Å²) in [7, 11) is 3.51. The van der Waals surface area contributed by atoms with Gasteiger partial charge in [-0.25, -0.2) is 0 Å². The van der Waals surface area contributed by atoms with Gasteiger partial charge in [0.1, 0.15) is 0 Å². The highest BCUT2D eigenvalue weighted by atomic mass is 16.2. The van der Waals surface area contributed by atoms with Crippen LogP contribution in [0.5, 0.6) is 0 Å². The van der Waals surface area contributed by atoms with E-state index >= 15 is 0 Å². The number of carbonyl (C=O) groups is 2. The number of hydrogen-bond donors (Lipinski definition) is 1. The number of amides is 2. The average Bonchev–Trinajstić information content (AvgIpc) is 2.59. The first-order valence-electron chi connectivity index (χ1n) is 8.17. The van der Waals surface area contributed by atoms with Gasteiger partial charge in [-0.1, -0.05) is 42.5 Å². The van der Waals surface area contributed by atoms with Crippen LogP contribution < -0.4 is 5.32 Å². The molecule has 0 spiro atoms. The lowest BCUT2D eigenvalue weighted by Crippen LogP contribution is -2.21. The van der Waals surface area contributed by atoms with Crippen molar-refractivity contribution in [3.8, 4) is 0 Å². The molecule has 0 unspecified atom stereocenters. The maximum atomic E-state index is 12.1. The molecular formula is C20H24N2O2. The van der Waals surface area contributed by atoms with E-state index in [1.807, 2.05) is 54.6 Å². The molecule has 0 saturated carbocycles. The molecule has 4 nitrogen and oxygen atoms in total. The van der Waals surface area contributed by atoms with Gasteiger partial charge in [0.2, 0.25) is 11.8 Å². The standard InChI is InChI=1S/C20H24N2O2/c1-22(2)20(24)14-12-17-9-6-10-18(15-17)21-19(23)13-11-16-7-4-3-5-8-16/h3-10,15H,11-14H2,1-2H3,(H,21,23). The number of anilines is 1. The summed E-state index contributed by atoms with van der Waals surface area (Å²) < 4.78 is 0. The van der Waals surface area contributed by atoms with Crippen LogP contribution in [0.25, 0.3) is 0 Å². The molecule has 0 bridgehead atoms. The van der Waals surface area contributed by atoms with E-state index in [0.29, 0.717) is 19.3 Å². The quantitative estimate of drug-likeness (QED) is 0.850. The molecule has 0 aliphatic heterocycles. The highest BCUT2D eigenvalue weighted by Gasteiger charge is 2.06. The Morgan fingerprint density at radius 2 is 1.54 bits per heavy atom. The minimum Gasteiger partial charge on any atom is -0.349 e. The second-order valence-corrected chi connectivity index (χ2v) is 6.02. The zero-order valence-corrected chi connectivity index (χ0v) is 14.3. The fraction of sp³-hybridized carbons (Fsp3) is 0.300. The molecule has 0 heterocycles. The van der Waals surface area contributed by atoms with Crippen molar-refractivity contribution in [3.63, 3.8) is 0 Å². The second kappa shape index (κ2) is 8.87. The summed E-state index contributed by atoms with van der Waals surface area (Å²) in [6, 6.07) is 17.7. The first-order valence-corrected chi connectivity index (χ1v) is 8.17. The van der Waals surface area contributed by atoms with Gasteiger partial charge < -0.3 is 10.2 Å². The Bertz CT molecular complexity index is 681. The van der Waals surface area contributed by atoms with E-state index in [9.17, 15) is 9.59 Å². The lowest BCUT2D eigenvalue weighted by atomic mass is 10.1. The van der Waals surface area contributed by atoms with Gasteiger partial charge in [0.15, 0.2) is 0 Å². The zero-order valence-electron chi connectivity index (χ0n) is 14.3. The van der Waals surface area contributed by atoms with E-state index in [1.165, 1.54) is 0 Å². The maximum absolute atomic E-state index is 12.1. The van der Waals surface area contributed by atoms with Crippen molar-refractivity contribution >= 4 is 17.5 Å². The molecule has 2 aromatic rings. The van der Waals surface area contributed by atoms with Crippen LogP contribution in [0.4, 0.5) is 5.69 Å². The van der Waals surface area contributed by atoms with Gasteiger partial charge in [0.25, 0.3) is 0 Å². The van der Waals surface area contributed by atoms with Crippen LogP contribution in [-0.4, -0.2) is 30.8 Å². The Morgan fingerprint density at radius 1 is 0.875 bits per heavy atom. The monoisotopic (exact) mass is 324 g/mol. The molecule has 0 aliphatic rings. The predicted octanol–water partition coefficient (Wildman–Crippen LogP) is 3.28. The molecule has 2 rings (SSSR count). The largest absolute Gasteiger partial charge is 0.349 e. The van der Waals surface area contributed by atoms with Gasteiger partial charge in [-0.2, -0.15) is 0 Å². The van der Waals surface area contributed by atoms with Gasteiger partial charge in [-0.15, -0.1) is 0 Å². The van der Waals surface area contributed by atoms with Crippen LogP contribution in [0.1, 0.15) is 24.0 Å². The molecule has 24 heavy (non-hydrogen) atoms. The second-order valence-electron chi connectivity index (χ2n) is 6.02. The first kappa shape index (κ1) is 17.7. The summed E-state index contributed by atoms with van der Waals surface area (Å²) in [5.74, 6) is 0.104.